The van der Waals surface area contributed by atoms with Crippen molar-refractivity contribution in [2.75, 3.05) is 10.7 Å². The summed E-state index contributed by atoms with van der Waals surface area (Å²) in [6.45, 7) is 2.18. The number of benzene rings is 2. The van der Waals surface area contributed by atoms with E-state index in [-0.39, 0.29) is 34.8 Å². The maximum absolute atomic E-state index is 13.6. The third-order valence-electron chi connectivity index (χ3n) is 8.73. The van der Waals surface area contributed by atoms with Crippen molar-refractivity contribution in [2.24, 2.45) is 28.2 Å². The molecule has 4 bridgehead atoms. The molecular weight excluding hydrogens is 485 g/mol. The van der Waals surface area contributed by atoms with Crippen molar-refractivity contribution in [3.05, 3.63) is 71.7 Å². The molecule has 5 nitrogen and oxygen atoms in total. The van der Waals surface area contributed by atoms with Gasteiger partial charge in [-0.2, -0.15) is 0 Å². The number of aliphatic imine (C=N–C) groups is 1. The third-order valence-corrected chi connectivity index (χ3v) is 9.67. The molecule has 1 atom stereocenters. The highest BCUT2D eigenvalue weighted by Gasteiger charge is 2.53. The number of nitrogens with zero attached hydrogens (tertiary/aromatic N) is 2. The molecule has 1 aliphatic heterocycles. The summed E-state index contributed by atoms with van der Waals surface area (Å²) in [4.78, 5) is 32.5. The number of carbonyl (C=O) groups is 2. The normalized spacial score (nSPS) is 30.1. The summed E-state index contributed by atoms with van der Waals surface area (Å²) in [6.07, 6.45) is 9.58. The van der Waals surface area contributed by atoms with Gasteiger partial charge in [-0.25, -0.2) is 9.38 Å². The first-order chi connectivity index (χ1) is 17.9. The van der Waals surface area contributed by atoms with E-state index >= 15 is 0 Å². The predicted molar refractivity (Wildman–Crippen MR) is 146 cm³/mol. The molecule has 37 heavy (non-hydrogen) atoms. The van der Waals surface area contributed by atoms with Crippen molar-refractivity contribution >= 4 is 40.5 Å². The average Bonchev–Trinajstić information content (AvgIpc) is 3.18. The van der Waals surface area contributed by atoms with Gasteiger partial charge in [-0.05, 0) is 105 Å². The van der Waals surface area contributed by atoms with Gasteiger partial charge in [0.25, 0.3) is 5.91 Å². The smallest absolute Gasteiger partial charge is 0.283 e. The quantitative estimate of drug-likeness (QED) is 0.477. The Hall–Kier alpha value is -2.93. The molecule has 1 heterocycles. The van der Waals surface area contributed by atoms with Gasteiger partial charge in [0.15, 0.2) is 5.17 Å². The predicted octanol–water partition coefficient (Wildman–Crippen LogP) is 6.02. The molecule has 4 aliphatic carbocycles. The monoisotopic (exact) mass is 517 g/mol. The number of thioether (sulfide) groups is 1. The Bertz CT molecular complexity index is 1220. The Morgan fingerprint density at radius 3 is 2.32 bits per heavy atom. The fraction of sp³-hybridized carbons (Fsp3) is 0.433. The number of nitrogens with one attached hydrogen (secondary N) is 1. The number of carbonyl (C=O) groups excluding carboxylic acids is 2. The van der Waals surface area contributed by atoms with Crippen LogP contribution >= 0.6 is 11.8 Å². The maximum Gasteiger partial charge on any atom is 0.283 e. The number of hydrogen-bond donors (Lipinski definition) is 1. The summed E-state index contributed by atoms with van der Waals surface area (Å²) in [5.74, 6) is 1.95. The molecule has 4 saturated carbocycles. The zero-order valence-electron chi connectivity index (χ0n) is 21.0. The lowest BCUT2D eigenvalue weighted by Crippen LogP contribution is -2.56. The molecule has 1 N–H and O–H groups in total. The van der Waals surface area contributed by atoms with Gasteiger partial charge in [0.1, 0.15) is 11.5 Å². The lowest BCUT2D eigenvalue weighted by atomic mass is 9.48. The number of rotatable bonds is 6. The first kappa shape index (κ1) is 24.4. The van der Waals surface area contributed by atoms with E-state index in [1.54, 1.807) is 18.2 Å². The van der Waals surface area contributed by atoms with Crippen LogP contribution in [0.15, 0.2) is 65.3 Å². The van der Waals surface area contributed by atoms with Gasteiger partial charge < -0.3 is 5.32 Å². The Kier molecular flexibility index (Phi) is 6.43. The molecule has 0 radical (unpaired) electrons. The highest BCUT2D eigenvalue weighted by molar-refractivity contribution is 8.14. The van der Waals surface area contributed by atoms with E-state index in [0.717, 1.165) is 23.3 Å². The summed E-state index contributed by atoms with van der Waals surface area (Å²) >= 11 is 1.24. The van der Waals surface area contributed by atoms with Gasteiger partial charge in [0.05, 0.1) is 11.4 Å². The number of hydrogen-bond acceptors (Lipinski definition) is 4. The van der Waals surface area contributed by atoms with E-state index in [4.69, 9.17) is 0 Å². The van der Waals surface area contributed by atoms with Gasteiger partial charge in [0, 0.05) is 6.04 Å². The van der Waals surface area contributed by atoms with Crippen molar-refractivity contribution in [1.29, 1.82) is 0 Å². The van der Waals surface area contributed by atoms with Gasteiger partial charge in [-0.15, -0.1) is 0 Å². The minimum absolute atomic E-state index is 0.0389. The van der Waals surface area contributed by atoms with E-state index in [2.05, 4.69) is 17.2 Å². The van der Waals surface area contributed by atoms with Crippen molar-refractivity contribution in [2.45, 2.75) is 51.5 Å². The number of anilines is 1. The number of amidine groups is 1. The van der Waals surface area contributed by atoms with E-state index in [1.165, 1.54) is 67.3 Å². The second kappa shape index (κ2) is 9.75. The van der Waals surface area contributed by atoms with Crippen LogP contribution in [0.2, 0.25) is 0 Å². The molecule has 0 aromatic heterocycles. The SMILES string of the molecule is C[C@H](NC(=O)CSC1=N/C(=C/c2ccccc2)C(=O)N1c1ccc(F)cc1)C12CC3CC(CC(C3)C1)C2. The lowest BCUT2D eigenvalue weighted by Gasteiger charge is -2.59. The molecule has 0 unspecified atom stereocenters. The standard InChI is InChI=1S/C30H32FN3O2S/c1-19(30-15-21-11-22(16-30)13-23(12-21)17-30)32-27(35)18-37-29-33-26(14-20-5-3-2-4-6-20)28(36)34(29)25-9-7-24(31)8-10-25/h2-10,14,19,21-23H,11-13,15-18H2,1H3,(H,32,35)/b26-14+/t19-,21?,22?,23?,30?/m0/s1. The van der Waals surface area contributed by atoms with Crippen LogP contribution in [0.3, 0.4) is 0 Å². The maximum atomic E-state index is 13.6. The van der Waals surface area contributed by atoms with Gasteiger partial charge >= 0.3 is 0 Å². The van der Waals surface area contributed by atoms with Crippen LogP contribution < -0.4 is 10.2 Å². The van der Waals surface area contributed by atoms with Crippen LogP contribution in [-0.4, -0.2) is 28.8 Å². The molecule has 7 heteroatoms. The largest absolute Gasteiger partial charge is 0.352 e. The van der Waals surface area contributed by atoms with E-state index in [9.17, 15) is 14.0 Å². The Balaban J connectivity index is 1.17. The Morgan fingerprint density at radius 1 is 1.08 bits per heavy atom. The minimum Gasteiger partial charge on any atom is -0.352 e. The molecular formula is C30H32FN3O2S. The van der Waals surface area contributed by atoms with Crippen LogP contribution in [0, 0.1) is 29.0 Å². The molecule has 4 fully saturated rings. The van der Waals surface area contributed by atoms with Crippen LogP contribution in [0.5, 0.6) is 0 Å². The van der Waals surface area contributed by atoms with Crippen molar-refractivity contribution in [1.82, 2.24) is 5.32 Å². The Morgan fingerprint density at radius 2 is 1.70 bits per heavy atom. The zero-order valence-corrected chi connectivity index (χ0v) is 21.8. The minimum atomic E-state index is -0.375. The van der Waals surface area contributed by atoms with Gasteiger partial charge in [-0.3, -0.25) is 14.5 Å². The van der Waals surface area contributed by atoms with E-state index in [1.807, 2.05) is 30.3 Å². The average molecular weight is 518 g/mol. The summed E-state index contributed by atoms with van der Waals surface area (Å²) < 4.78 is 13.6. The lowest BCUT2D eigenvalue weighted by molar-refractivity contribution is -0.123. The summed E-state index contributed by atoms with van der Waals surface area (Å²) in [5, 5.41) is 3.73. The van der Waals surface area contributed by atoms with Crippen LogP contribution in [-0.2, 0) is 9.59 Å². The van der Waals surface area contributed by atoms with Gasteiger partial charge in [-0.1, -0.05) is 42.1 Å². The van der Waals surface area contributed by atoms with Crippen molar-refractivity contribution in [3.63, 3.8) is 0 Å². The Labute approximate surface area is 221 Å². The molecule has 2 aromatic carbocycles. The topological polar surface area (TPSA) is 61.8 Å². The highest BCUT2D eigenvalue weighted by Crippen LogP contribution is 2.61. The second-order valence-corrected chi connectivity index (χ2v) is 12.3. The molecule has 0 saturated heterocycles. The van der Waals surface area contributed by atoms with E-state index in [0.29, 0.717) is 16.6 Å². The second-order valence-electron chi connectivity index (χ2n) is 11.3. The summed E-state index contributed by atoms with van der Waals surface area (Å²) in [7, 11) is 0. The number of halogens is 1. The third kappa shape index (κ3) is 4.86. The summed E-state index contributed by atoms with van der Waals surface area (Å²) in [6, 6.07) is 15.4. The highest BCUT2D eigenvalue weighted by atomic mass is 32.2. The van der Waals surface area contributed by atoms with Gasteiger partial charge in [0.2, 0.25) is 5.91 Å². The fourth-order valence-electron chi connectivity index (χ4n) is 7.39. The van der Waals surface area contributed by atoms with E-state index < -0.39 is 0 Å². The van der Waals surface area contributed by atoms with Crippen LogP contribution in [0.25, 0.3) is 6.08 Å². The molecule has 5 aliphatic rings. The zero-order chi connectivity index (χ0) is 25.6. The fourth-order valence-corrected chi connectivity index (χ4v) is 8.22. The number of amides is 2. The first-order valence-electron chi connectivity index (χ1n) is 13.3. The van der Waals surface area contributed by atoms with Crippen molar-refractivity contribution < 1.29 is 14.0 Å². The molecule has 192 valence electrons. The molecule has 2 aromatic rings. The van der Waals surface area contributed by atoms with Crippen LogP contribution in [0.4, 0.5) is 10.1 Å². The molecule has 0 spiro atoms. The first-order valence-corrected chi connectivity index (χ1v) is 14.2. The molecule has 7 rings (SSSR count). The van der Waals surface area contributed by atoms with Crippen molar-refractivity contribution in [3.8, 4) is 0 Å². The molecule has 2 amide bonds. The summed E-state index contributed by atoms with van der Waals surface area (Å²) in [5.41, 5.74) is 1.92. The van der Waals surface area contributed by atoms with Crippen LogP contribution in [0.1, 0.15) is 51.0 Å².